The third kappa shape index (κ3) is 4.20. The van der Waals surface area contributed by atoms with Crippen molar-refractivity contribution < 1.29 is 13.2 Å². The van der Waals surface area contributed by atoms with Crippen molar-refractivity contribution in [2.45, 2.75) is 19.6 Å². The second-order valence-corrected chi connectivity index (χ2v) is 5.20. The Kier molecular flexibility index (Phi) is 4.70. The van der Waals surface area contributed by atoms with E-state index in [1.54, 1.807) is 4.68 Å². The van der Waals surface area contributed by atoms with Crippen LogP contribution in [0.3, 0.4) is 0 Å². The number of nitrogens with zero attached hydrogens (tertiary/aromatic N) is 2. The van der Waals surface area contributed by atoms with Gasteiger partial charge in [0.05, 0.1) is 17.8 Å². The molecule has 0 saturated heterocycles. The van der Waals surface area contributed by atoms with E-state index in [4.69, 9.17) is 12.2 Å². The zero-order chi connectivity index (χ0) is 16.3. The molecule has 2 aromatic rings. The van der Waals surface area contributed by atoms with Crippen molar-refractivity contribution in [2.75, 3.05) is 5.32 Å². The Morgan fingerprint density at radius 3 is 2.64 bits per heavy atom. The second-order valence-electron chi connectivity index (χ2n) is 4.79. The van der Waals surface area contributed by atoms with E-state index in [0.717, 1.165) is 23.5 Å². The largest absolute Gasteiger partial charge is 0.416 e. The summed E-state index contributed by atoms with van der Waals surface area (Å²) in [6.45, 7) is 2.32. The maximum atomic E-state index is 12.6. The first-order valence-electron chi connectivity index (χ1n) is 6.47. The van der Waals surface area contributed by atoms with Crippen molar-refractivity contribution in [3.63, 3.8) is 0 Å². The number of halogens is 3. The van der Waals surface area contributed by atoms with Crippen LogP contribution >= 0.6 is 12.2 Å². The SMILES string of the molecule is Cc1cc(CNC(=S)Nc2cccc(C(F)(F)F)c2)nn1C. The molecule has 1 heterocycles. The van der Waals surface area contributed by atoms with E-state index in [1.165, 1.54) is 12.1 Å². The lowest BCUT2D eigenvalue weighted by Crippen LogP contribution is -2.28. The third-order valence-electron chi connectivity index (χ3n) is 3.04. The number of hydrogen-bond donors (Lipinski definition) is 2. The molecule has 0 saturated carbocycles. The van der Waals surface area contributed by atoms with E-state index in [2.05, 4.69) is 15.7 Å². The molecule has 0 unspecified atom stereocenters. The van der Waals surface area contributed by atoms with E-state index in [-0.39, 0.29) is 10.8 Å². The summed E-state index contributed by atoms with van der Waals surface area (Å²) >= 11 is 5.07. The predicted octanol–water partition coefficient (Wildman–Crippen LogP) is 3.23. The fourth-order valence-electron chi connectivity index (χ4n) is 1.84. The van der Waals surface area contributed by atoms with E-state index < -0.39 is 11.7 Å². The number of anilines is 1. The molecule has 118 valence electrons. The van der Waals surface area contributed by atoms with Crippen LogP contribution in [-0.4, -0.2) is 14.9 Å². The van der Waals surface area contributed by atoms with Crippen LogP contribution in [0.5, 0.6) is 0 Å². The fourth-order valence-corrected chi connectivity index (χ4v) is 2.03. The van der Waals surface area contributed by atoms with Crippen molar-refractivity contribution in [2.24, 2.45) is 7.05 Å². The molecule has 0 atom stereocenters. The summed E-state index contributed by atoms with van der Waals surface area (Å²) in [5.74, 6) is 0. The molecule has 0 amide bonds. The lowest BCUT2D eigenvalue weighted by Gasteiger charge is -2.12. The number of benzene rings is 1. The van der Waals surface area contributed by atoms with E-state index in [0.29, 0.717) is 6.54 Å². The number of nitrogens with one attached hydrogen (secondary N) is 2. The molecule has 2 rings (SSSR count). The smallest absolute Gasteiger partial charge is 0.357 e. The second kappa shape index (κ2) is 6.35. The average molecular weight is 328 g/mol. The quantitative estimate of drug-likeness (QED) is 0.849. The van der Waals surface area contributed by atoms with Gasteiger partial charge in [-0.25, -0.2) is 0 Å². The van der Waals surface area contributed by atoms with Gasteiger partial charge in [0, 0.05) is 18.4 Å². The maximum absolute atomic E-state index is 12.6. The normalized spacial score (nSPS) is 11.3. The standard InChI is InChI=1S/C14H15F3N4S/c1-9-6-12(20-21(9)2)8-18-13(22)19-11-5-3-4-10(7-11)14(15,16)17/h3-7H,8H2,1-2H3,(H2,18,19,22). The van der Waals surface area contributed by atoms with Crippen LogP contribution in [-0.2, 0) is 19.8 Å². The zero-order valence-corrected chi connectivity index (χ0v) is 12.8. The van der Waals surface area contributed by atoms with Gasteiger partial charge in [-0.1, -0.05) is 6.07 Å². The minimum atomic E-state index is -4.38. The molecule has 8 heteroatoms. The molecule has 1 aromatic heterocycles. The van der Waals surface area contributed by atoms with Crippen LogP contribution < -0.4 is 10.6 Å². The van der Waals surface area contributed by atoms with E-state index in [1.807, 2.05) is 20.0 Å². The summed E-state index contributed by atoms with van der Waals surface area (Å²) in [5, 5.41) is 10.1. The number of alkyl halides is 3. The van der Waals surface area contributed by atoms with Crippen molar-refractivity contribution in [1.29, 1.82) is 0 Å². The molecule has 0 radical (unpaired) electrons. The predicted molar refractivity (Wildman–Crippen MR) is 82.4 cm³/mol. The Morgan fingerprint density at radius 2 is 2.05 bits per heavy atom. The number of aryl methyl sites for hydroxylation is 2. The minimum Gasteiger partial charge on any atom is -0.357 e. The Hall–Kier alpha value is -2.09. The van der Waals surface area contributed by atoms with Crippen molar-refractivity contribution in [1.82, 2.24) is 15.1 Å². The monoisotopic (exact) mass is 328 g/mol. The van der Waals surface area contributed by atoms with Gasteiger partial charge in [0.1, 0.15) is 0 Å². The van der Waals surface area contributed by atoms with Gasteiger partial charge in [-0.05, 0) is 43.4 Å². The van der Waals surface area contributed by atoms with Gasteiger partial charge in [-0.3, -0.25) is 4.68 Å². The lowest BCUT2D eigenvalue weighted by molar-refractivity contribution is -0.137. The molecular weight excluding hydrogens is 313 g/mol. The number of rotatable bonds is 3. The first-order valence-corrected chi connectivity index (χ1v) is 6.88. The van der Waals surface area contributed by atoms with Crippen LogP contribution in [0.2, 0.25) is 0 Å². The maximum Gasteiger partial charge on any atom is 0.416 e. The third-order valence-corrected chi connectivity index (χ3v) is 3.29. The van der Waals surface area contributed by atoms with Gasteiger partial charge >= 0.3 is 6.18 Å². The number of hydrogen-bond acceptors (Lipinski definition) is 2. The molecule has 0 aliphatic heterocycles. The van der Waals surface area contributed by atoms with Gasteiger partial charge < -0.3 is 10.6 Å². The highest BCUT2D eigenvalue weighted by molar-refractivity contribution is 7.80. The molecule has 22 heavy (non-hydrogen) atoms. The highest BCUT2D eigenvalue weighted by Gasteiger charge is 2.30. The van der Waals surface area contributed by atoms with Gasteiger partial charge in [-0.2, -0.15) is 18.3 Å². The highest BCUT2D eigenvalue weighted by atomic mass is 32.1. The fraction of sp³-hybridized carbons (Fsp3) is 0.286. The summed E-state index contributed by atoms with van der Waals surface area (Å²) in [6.07, 6.45) is -4.38. The summed E-state index contributed by atoms with van der Waals surface area (Å²) in [6, 6.07) is 6.78. The van der Waals surface area contributed by atoms with Crippen molar-refractivity contribution >= 4 is 23.0 Å². The van der Waals surface area contributed by atoms with Crippen LogP contribution in [0.1, 0.15) is 17.0 Å². The Labute approximate surface area is 131 Å². The molecule has 2 N–H and O–H groups in total. The Balaban J connectivity index is 1.94. The van der Waals surface area contributed by atoms with Crippen molar-refractivity contribution in [3.8, 4) is 0 Å². The molecule has 1 aromatic carbocycles. The Morgan fingerprint density at radius 1 is 1.32 bits per heavy atom. The molecule has 0 fully saturated rings. The zero-order valence-electron chi connectivity index (χ0n) is 12.0. The summed E-state index contributed by atoms with van der Waals surface area (Å²) < 4.78 is 39.6. The minimum absolute atomic E-state index is 0.239. The molecular formula is C14H15F3N4S. The summed E-state index contributed by atoms with van der Waals surface area (Å²) in [5.41, 5.74) is 1.37. The average Bonchev–Trinajstić information content (AvgIpc) is 2.75. The van der Waals surface area contributed by atoms with Gasteiger partial charge in [0.2, 0.25) is 0 Å². The molecule has 0 bridgehead atoms. The van der Waals surface area contributed by atoms with Crippen LogP contribution in [0.15, 0.2) is 30.3 Å². The van der Waals surface area contributed by atoms with Gasteiger partial charge in [0.15, 0.2) is 5.11 Å². The van der Waals surface area contributed by atoms with Crippen LogP contribution in [0, 0.1) is 6.92 Å². The van der Waals surface area contributed by atoms with E-state index >= 15 is 0 Å². The van der Waals surface area contributed by atoms with Gasteiger partial charge in [-0.15, -0.1) is 0 Å². The first kappa shape index (κ1) is 16.3. The lowest BCUT2D eigenvalue weighted by atomic mass is 10.2. The molecule has 4 nitrogen and oxygen atoms in total. The van der Waals surface area contributed by atoms with E-state index in [9.17, 15) is 13.2 Å². The van der Waals surface area contributed by atoms with Crippen LogP contribution in [0.4, 0.5) is 18.9 Å². The number of aromatic nitrogens is 2. The molecule has 0 aliphatic rings. The topological polar surface area (TPSA) is 41.9 Å². The first-order chi connectivity index (χ1) is 10.3. The number of thiocarbonyl (C=S) groups is 1. The van der Waals surface area contributed by atoms with Gasteiger partial charge in [0.25, 0.3) is 0 Å². The van der Waals surface area contributed by atoms with Crippen LogP contribution in [0.25, 0.3) is 0 Å². The highest BCUT2D eigenvalue weighted by Crippen LogP contribution is 2.30. The van der Waals surface area contributed by atoms with Crippen molar-refractivity contribution in [3.05, 3.63) is 47.3 Å². The molecule has 0 spiro atoms. The molecule has 0 aliphatic carbocycles. The summed E-state index contributed by atoms with van der Waals surface area (Å²) in [7, 11) is 1.83. The summed E-state index contributed by atoms with van der Waals surface area (Å²) in [4.78, 5) is 0. The Bertz CT molecular complexity index is 659.